The van der Waals surface area contributed by atoms with E-state index in [4.69, 9.17) is 15.2 Å². The molecule has 2 aromatic rings. The molecule has 3 heteroatoms. The van der Waals surface area contributed by atoms with Crippen molar-refractivity contribution in [3.8, 4) is 11.5 Å². The first-order valence-corrected chi connectivity index (χ1v) is 7.35. The van der Waals surface area contributed by atoms with Crippen LogP contribution < -0.4 is 15.2 Å². The lowest BCUT2D eigenvalue weighted by molar-refractivity contribution is 0.147. The molecule has 0 radical (unpaired) electrons. The highest BCUT2D eigenvalue weighted by atomic mass is 16.5. The van der Waals surface area contributed by atoms with Gasteiger partial charge in [0, 0.05) is 18.5 Å². The number of hydrogen-bond donors (Lipinski definition) is 1. The number of nitrogens with two attached hydrogens (primary N) is 1. The maximum Gasteiger partial charge on any atom is 0.137 e. The van der Waals surface area contributed by atoms with Gasteiger partial charge in [-0.1, -0.05) is 35.9 Å². The lowest BCUT2D eigenvalue weighted by atomic mass is 10.1. The van der Waals surface area contributed by atoms with E-state index in [0.29, 0.717) is 13.2 Å². The Morgan fingerprint density at radius 3 is 2.90 bits per heavy atom. The van der Waals surface area contributed by atoms with Gasteiger partial charge in [-0.25, -0.2) is 0 Å². The van der Waals surface area contributed by atoms with E-state index in [0.717, 1.165) is 29.0 Å². The predicted molar refractivity (Wildman–Crippen MR) is 83.9 cm³/mol. The Labute approximate surface area is 125 Å². The van der Waals surface area contributed by atoms with Gasteiger partial charge < -0.3 is 15.2 Å². The number of rotatable bonds is 4. The lowest BCUT2D eigenvalue weighted by Gasteiger charge is -2.16. The van der Waals surface area contributed by atoms with Gasteiger partial charge in [-0.05, 0) is 31.0 Å². The van der Waals surface area contributed by atoms with E-state index in [1.54, 1.807) is 0 Å². The minimum Gasteiger partial charge on any atom is -0.489 e. The molecule has 3 rings (SSSR count). The molecule has 1 atom stereocenters. The molecule has 0 fully saturated rings. The SMILES string of the molecule is Cc1ccc2c(c1)CC(COc1c(C)cccc1CN)O2. The summed E-state index contributed by atoms with van der Waals surface area (Å²) in [5.41, 5.74) is 10.5. The molecule has 0 bridgehead atoms. The highest BCUT2D eigenvalue weighted by Gasteiger charge is 2.23. The summed E-state index contributed by atoms with van der Waals surface area (Å²) in [6.45, 7) is 5.18. The van der Waals surface area contributed by atoms with Gasteiger partial charge in [0.15, 0.2) is 0 Å². The molecule has 3 nitrogen and oxygen atoms in total. The number of ether oxygens (including phenoxy) is 2. The van der Waals surface area contributed by atoms with Crippen molar-refractivity contribution in [1.29, 1.82) is 0 Å². The zero-order valence-electron chi connectivity index (χ0n) is 12.6. The van der Waals surface area contributed by atoms with E-state index in [-0.39, 0.29) is 6.10 Å². The standard InChI is InChI=1S/C18H21NO2/c1-12-6-7-17-15(8-12)9-16(21-17)11-20-18-13(2)4-3-5-14(18)10-19/h3-8,16H,9-11,19H2,1-2H3. The number of benzene rings is 2. The number of fused-ring (bicyclic) bond motifs is 1. The molecule has 0 spiro atoms. The van der Waals surface area contributed by atoms with E-state index in [1.807, 2.05) is 31.2 Å². The summed E-state index contributed by atoms with van der Waals surface area (Å²) in [6.07, 6.45) is 0.980. The Kier molecular flexibility index (Phi) is 3.84. The molecule has 110 valence electrons. The molecular formula is C18H21NO2. The highest BCUT2D eigenvalue weighted by molar-refractivity contribution is 5.42. The van der Waals surface area contributed by atoms with Crippen LogP contribution in [0.3, 0.4) is 0 Å². The molecule has 1 unspecified atom stereocenters. The van der Waals surface area contributed by atoms with Crippen LogP contribution in [0.4, 0.5) is 0 Å². The topological polar surface area (TPSA) is 44.5 Å². The fourth-order valence-corrected chi connectivity index (χ4v) is 2.80. The van der Waals surface area contributed by atoms with Gasteiger partial charge in [0.2, 0.25) is 0 Å². The molecule has 1 heterocycles. The Morgan fingerprint density at radius 2 is 2.10 bits per heavy atom. The third kappa shape index (κ3) is 2.88. The van der Waals surface area contributed by atoms with Crippen LogP contribution in [0, 0.1) is 13.8 Å². The van der Waals surface area contributed by atoms with Gasteiger partial charge in [0.05, 0.1) is 0 Å². The van der Waals surface area contributed by atoms with Crippen LogP contribution in [0.5, 0.6) is 11.5 Å². The number of para-hydroxylation sites is 1. The van der Waals surface area contributed by atoms with Crippen LogP contribution in [0.1, 0.15) is 22.3 Å². The summed E-state index contributed by atoms with van der Waals surface area (Å²) in [5.74, 6) is 1.88. The normalized spacial score (nSPS) is 16.4. The summed E-state index contributed by atoms with van der Waals surface area (Å²) in [7, 11) is 0. The van der Waals surface area contributed by atoms with Crippen molar-refractivity contribution >= 4 is 0 Å². The van der Waals surface area contributed by atoms with E-state index >= 15 is 0 Å². The quantitative estimate of drug-likeness (QED) is 0.937. The molecule has 0 aromatic heterocycles. The largest absolute Gasteiger partial charge is 0.489 e. The molecule has 1 aliphatic rings. The third-order valence-electron chi connectivity index (χ3n) is 3.88. The van der Waals surface area contributed by atoms with Gasteiger partial charge in [-0.2, -0.15) is 0 Å². The molecule has 0 aliphatic carbocycles. The summed E-state index contributed by atoms with van der Waals surface area (Å²) >= 11 is 0. The maximum atomic E-state index is 6.00. The van der Waals surface area contributed by atoms with Crippen LogP contribution in [-0.2, 0) is 13.0 Å². The van der Waals surface area contributed by atoms with Crippen molar-refractivity contribution < 1.29 is 9.47 Å². The Morgan fingerprint density at radius 1 is 1.24 bits per heavy atom. The first-order valence-electron chi connectivity index (χ1n) is 7.35. The molecule has 2 aromatic carbocycles. The van der Waals surface area contributed by atoms with E-state index in [2.05, 4.69) is 19.1 Å². The molecule has 2 N–H and O–H groups in total. The second kappa shape index (κ2) is 5.78. The van der Waals surface area contributed by atoms with Gasteiger partial charge in [-0.3, -0.25) is 0 Å². The van der Waals surface area contributed by atoms with Crippen LogP contribution in [0.15, 0.2) is 36.4 Å². The van der Waals surface area contributed by atoms with Crippen molar-refractivity contribution in [3.63, 3.8) is 0 Å². The van der Waals surface area contributed by atoms with E-state index in [1.165, 1.54) is 11.1 Å². The second-order valence-corrected chi connectivity index (χ2v) is 5.63. The molecular weight excluding hydrogens is 262 g/mol. The van der Waals surface area contributed by atoms with Crippen molar-refractivity contribution in [3.05, 3.63) is 58.7 Å². The summed E-state index contributed by atoms with van der Waals surface area (Å²) in [5, 5.41) is 0. The number of hydrogen-bond acceptors (Lipinski definition) is 3. The van der Waals surface area contributed by atoms with Crippen molar-refractivity contribution in [2.75, 3.05) is 6.61 Å². The summed E-state index contributed by atoms with van der Waals surface area (Å²) in [6, 6.07) is 12.4. The Balaban J connectivity index is 1.68. The Hall–Kier alpha value is -2.00. The van der Waals surface area contributed by atoms with Crippen molar-refractivity contribution in [2.45, 2.75) is 32.9 Å². The average molecular weight is 283 g/mol. The predicted octanol–water partition coefficient (Wildman–Crippen LogP) is 3.14. The summed E-state index contributed by atoms with van der Waals surface area (Å²) < 4.78 is 11.9. The zero-order chi connectivity index (χ0) is 14.8. The van der Waals surface area contributed by atoms with Gasteiger partial charge in [0.1, 0.15) is 24.2 Å². The highest BCUT2D eigenvalue weighted by Crippen LogP contribution is 2.30. The van der Waals surface area contributed by atoms with Crippen LogP contribution in [-0.4, -0.2) is 12.7 Å². The molecule has 1 aliphatic heterocycles. The Bertz CT molecular complexity index is 652. The second-order valence-electron chi connectivity index (χ2n) is 5.63. The number of aryl methyl sites for hydroxylation is 2. The van der Waals surface area contributed by atoms with Crippen LogP contribution in [0.25, 0.3) is 0 Å². The molecule has 0 saturated carbocycles. The minimum atomic E-state index is 0.0760. The van der Waals surface area contributed by atoms with Crippen LogP contribution >= 0.6 is 0 Å². The fraction of sp³-hybridized carbons (Fsp3) is 0.333. The maximum absolute atomic E-state index is 6.00. The van der Waals surface area contributed by atoms with Gasteiger partial charge >= 0.3 is 0 Å². The van der Waals surface area contributed by atoms with Crippen molar-refractivity contribution in [1.82, 2.24) is 0 Å². The molecule has 0 amide bonds. The lowest BCUT2D eigenvalue weighted by Crippen LogP contribution is -2.23. The smallest absolute Gasteiger partial charge is 0.137 e. The third-order valence-corrected chi connectivity index (χ3v) is 3.88. The van der Waals surface area contributed by atoms with E-state index < -0.39 is 0 Å². The van der Waals surface area contributed by atoms with Crippen LogP contribution in [0.2, 0.25) is 0 Å². The minimum absolute atomic E-state index is 0.0760. The van der Waals surface area contributed by atoms with Gasteiger partial charge in [0.25, 0.3) is 0 Å². The average Bonchev–Trinajstić information content (AvgIpc) is 2.87. The first kappa shape index (κ1) is 14.0. The molecule has 21 heavy (non-hydrogen) atoms. The molecule has 0 saturated heterocycles. The zero-order valence-corrected chi connectivity index (χ0v) is 12.6. The van der Waals surface area contributed by atoms with Crippen molar-refractivity contribution in [2.24, 2.45) is 5.73 Å². The monoisotopic (exact) mass is 283 g/mol. The summed E-state index contributed by atoms with van der Waals surface area (Å²) in [4.78, 5) is 0. The van der Waals surface area contributed by atoms with Gasteiger partial charge in [-0.15, -0.1) is 0 Å². The fourth-order valence-electron chi connectivity index (χ4n) is 2.80. The van der Waals surface area contributed by atoms with E-state index in [9.17, 15) is 0 Å². The first-order chi connectivity index (χ1) is 10.2.